The lowest BCUT2D eigenvalue weighted by Crippen LogP contribution is -2.27. The van der Waals surface area contributed by atoms with Gasteiger partial charge in [-0.05, 0) is 58.3 Å². The van der Waals surface area contributed by atoms with Crippen LogP contribution in [0.4, 0.5) is 0 Å². The predicted octanol–water partition coefficient (Wildman–Crippen LogP) is 4.78. The van der Waals surface area contributed by atoms with Crippen molar-refractivity contribution in [2.24, 2.45) is 11.8 Å². The molecule has 0 aromatic rings. The van der Waals surface area contributed by atoms with Crippen molar-refractivity contribution in [3.05, 3.63) is 35.5 Å². The first-order valence-electron chi connectivity index (χ1n) is 8.62. The molecule has 1 aliphatic carbocycles. The largest absolute Gasteiger partial charge is 0.389 e. The van der Waals surface area contributed by atoms with E-state index in [1.807, 2.05) is 12.2 Å². The highest BCUT2D eigenvalue weighted by Gasteiger charge is 2.21. The van der Waals surface area contributed by atoms with Crippen LogP contribution in [0.2, 0.25) is 0 Å². The first kappa shape index (κ1) is 19.2. The van der Waals surface area contributed by atoms with E-state index in [0.29, 0.717) is 18.3 Å². The first-order chi connectivity index (χ1) is 10.2. The van der Waals surface area contributed by atoms with Crippen LogP contribution in [0.15, 0.2) is 35.5 Å². The zero-order chi connectivity index (χ0) is 16.8. The first-order valence-corrected chi connectivity index (χ1v) is 8.62. The fraction of sp³-hybridized carbons (Fsp3) is 0.700. The Labute approximate surface area is 136 Å². The van der Waals surface area contributed by atoms with E-state index in [0.717, 1.165) is 25.7 Å². The van der Waals surface area contributed by atoms with Gasteiger partial charge in [0.15, 0.2) is 0 Å². The van der Waals surface area contributed by atoms with Crippen LogP contribution < -0.4 is 0 Å². The van der Waals surface area contributed by atoms with Gasteiger partial charge in [0.05, 0.1) is 11.7 Å². The van der Waals surface area contributed by atoms with Gasteiger partial charge in [0, 0.05) is 6.42 Å². The molecule has 3 atom stereocenters. The Morgan fingerprint density at radius 2 is 1.86 bits per heavy atom. The molecule has 22 heavy (non-hydrogen) atoms. The third-order valence-electron chi connectivity index (χ3n) is 4.56. The van der Waals surface area contributed by atoms with E-state index in [4.69, 9.17) is 0 Å². The molecule has 0 aliphatic heterocycles. The Kier molecular flexibility index (Phi) is 7.58. The van der Waals surface area contributed by atoms with Crippen molar-refractivity contribution >= 4 is 0 Å². The molecule has 0 fully saturated rings. The van der Waals surface area contributed by atoms with E-state index in [9.17, 15) is 10.2 Å². The van der Waals surface area contributed by atoms with Gasteiger partial charge < -0.3 is 10.2 Å². The lowest BCUT2D eigenvalue weighted by atomic mass is 9.86. The molecule has 0 aromatic heterocycles. The third-order valence-corrected chi connectivity index (χ3v) is 4.56. The second kappa shape index (κ2) is 8.69. The zero-order valence-electron chi connectivity index (χ0n) is 15.0. The lowest BCUT2D eigenvalue weighted by molar-refractivity contribution is 0.0565. The summed E-state index contributed by atoms with van der Waals surface area (Å²) in [5.41, 5.74) is 1.67. The maximum Gasteiger partial charge on any atom is 0.0827 e. The monoisotopic (exact) mass is 306 g/mol. The van der Waals surface area contributed by atoms with Crippen LogP contribution in [0.25, 0.3) is 0 Å². The summed E-state index contributed by atoms with van der Waals surface area (Å²) in [4.78, 5) is 0. The van der Waals surface area contributed by atoms with Gasteiger partial charge in [0.25, 0.3) is 0 Å². The molecule has 0 aromatic carbocycles. The van der Waals surface area contributed by atoms with Crippen LogP contribution in [-0.2, 0) is 0 Å². The molecule has 2 heteroatoms. The van der Waals surface area contributed by atoms with E-state index in [1.165, 1.54) is 11.1 Å². The van der Waals surface area contributed by atoms with Crippen LogP contribution >= 0.6 is 0 Å². The lowest BCUT2D eigenvalue weighted by Gasteiger charge is -2.24. The highest BCUT2D eigenvalue weighted by Crippen LogP contribution is 2.25. The van der Waals surface area contributed by atoms with Gasteiger partial charge in [-0.3, -0.25) is 0 Å². The predicted molar refractivity (Wildman–Crippen MR) is 94.7 cm³/mol. The molecule has 0 unspecified atom stereocenters. The smallest absolute Gasteiger partial charge is 0.0827 e. The van der Waals surface area contributed by atoms with Crippen LogP contribution in [0, 0.1) is 11.8 Å². The summed E-state index contributed by atoms with van der Waals surface area (Å²) in [6.07, 6.45) is 12.2. The summed E-state index contributed by atoms with van der Waals surface area (Å²) in [5, 5.41) is 20.7. The minimum Gasteiger partial charge on any atom is -0.389 e. The van der Waals surface area contributed by atoms with Crippen LogP contribution in [-0.4, -0.2) is 21.9 Å². The normalized spacial score (nSPS) is 38.5. The molecule has 2 nitrogen and oxygen atoms in total. The second-order valence-electron chi connectivity index (χ2n) is 7.54. The van der Waals surface area contributed by atoms with Gasteiger partial charge >= 0.3 is 0 Å². The number of allylic oxidation sites excluding steroid dienone is 4. The van der Waals surface area contributed by atoms with Crippen LogP contribution in [0.5, 0.6) is 0 Å². The molecule has 0 heterocycles. The summed E-state index contributed by atoms with van der Waals surface area (Å²) >= 11 is 0. The van der Waals surface area contributed by atoms with Gasteiger partial charge in [-0.1, -0.05) is 49.3 Å². The molecule has 0 amide bonds. The van der Waals surface area contributed by atoms with Crippen molar-refractivity contribution in [3.8, 4) is 0 Å². The van der Waals surface area contributed by atoms with Gasteiger partial charge in [-0.15, -0.1) is 0 Å². The Morgan fingerprint density at radius 1 is 1.18 bits per heavy atom. The van der Waals surface area contributed by atoms with Crippen LogP contribution in [0.1, 0.15) is 66.7 Å². The van der Waals surface area contributed by atoms with Crippen LogP contribution in [0.3, 0.4) is 0 Å². The SMILES string of the molecule is C/C1=C\[C@H](O)C[C@](C)(O)/C=C/[C@@H](C(C)C)CC/C(C)=C/CC1. The summed E-state index contributed by atoms with van der Waals surface area (Å²) in [6, 6.07) is 0. The number of rotatable bonds is 1. The summed E-state index contributed by atoms with van der Waals surface area (Å²) in [7, 11) is 0. The molecule has 2 N–H and O–H groups in total. The molecule has 0 saturated heterocycles. The highest BCUT2D eigenvalue weighted by molar-refractivity contribution is 5.10. The molecule has 0 radical (unpaired) electrons. The maximum atomic E-state index is 10.5. The third kappa shape index (κ3) is 7.42. The van der Waals surface area contributed by atoms with E-state index >= 15 is 0 Å². The molecular weight excluding hydrogens is 272 g/mol. The Hall–Kier alpha value is -0.860. The van der Waals surface area contributed by atoms with E-state index in [2.05, 4.69) is 39.8 Å². The highest BCUT2D eigenvalue weighted by atomic mass is 16.3. The quantitative estimate of drug-likeness (QED) is 0.684. The summed E-state index contributed by atoms with van der Waals surface area (Å²) in [5.74, 6) is 1.02. The Bertz CT molecular complexity index is 427. The maximum absolute atomic E-state index is 10.5. The van der Waals surface area contributed by atoms with Gasteiger partial charge in [-0.2, -0.15) is 0 Å². The van der Waals surface area contributed by atoms with Crippen molar-refractivity contribution in [1.29, 1.82) is 0 Å². The molecule has 0 spiro atoms. The molecule has 1 rings (SSSR count). The summed E-state index contributed by atoms with van der Waals surface area (Å²) in [6.45, 7) is 10.5. The second-order valence-corrected chi connectivity index (χ2v) is 7.54. The number of hydrogen-bond donors (Lipinski definition) is 2. The minimum absolute atomic E-state index is 0.348. The topological polar surface area (TPSA) is 40.5 Å². The number of hydrogen-bond acceptors (Lipinski definition) is 2. The Morgan fingerprint density at radius 3 is 2.50 bits per heavy atom. The number of aliphatic hydroxyl groups is 2. The van der Waals surface area contributed by atoms with Gasteiger partial charge in [0.2, 0.25) is 0 Å². The minimum atomic E-state index is -0.960. The molecule has 0 saturated carbocycles. The standard InChI is InChI=1S/C20H34O2/c1-15(2)18-10-9-16(3)7-6-8-17(4)13-19(21)14-20(5,22)12-11-18/h7,11-13,15,18-19,21-22H,6,8-10,14H2,1-5H3/b12-11+,16-7+,17-13+/t18-,19-,20+/m0/s1. The molecule has 126 valence electrons. The summed E-state index contributed by atoms with van der Waals surface area (Å²) < 4.78 is 0. The number of aliphatic hydroxyl groups excluding tert-OH is 1. The van der Waals surface area contributed by atoms with E-state index in [-0.39, 0.29) is 0 Å². The van der Waals surface area contributed by atoms with Crippen molar-refractivity contribution in [2.75, 3.05) is 0 Å². The Balaban J connectivity index is 2.97. The van der Waals surface area contributed by atoms with Crippen molar-refractivity contribution in [1.82, 2.24) is 0 Å². The average Bonchev–Trinajstić information content (AvgIpc) is 2.36. The molecule has 0 bridgehead atoms. The van der Waals surface area contributed by atoms with Crippen molar-refractivity contribution in [2.45, 2.75) is 78.4 Å². The van der Waals surface area contributed by atoms with Crippen molar-refractivity contribution < 1.29 is 10.2 Å². The van der Waals surface area contributed by atoms with Gasteiger partial charge in [-0.25, -0.2) is 0 Å². The van der Waals surface area contributed by atoms with Gasteiger partial charge in [0.1, 0.15) is 0 Å². The fourth-order valence-electron chi connectivity index (χ4n) is 2.99. The fourth-order valence-corrected chi connectivity index (χ4v) is 2.99. The molecule has 1 aliphatic rings. The van der Waals surface area contributed by atoms with E-state index in [1.54, 1.807) is 6.92 Å². The average molecular weight is 306 g/mol. The van der Waals surface area contributed by atoms with E-state index < -0.39 is 11.7 Å². The van der Waals surface area contributed by atoms with Crippen molar-refractivity contribution in [3.63, 3.8) is 0 Å². The zero-order valence-corrected chi connectivity index (χ0v) is 15.0. The molecular formula is C20H34O2.